The van der Waals surface area contributed by atoms with Crippen molar-refractivity contribution in [1.29, 1.82) is 0 Å². The van der Waals surface area contributed by atoms with Crippen LogP contribution in [-0.2, 0) is 6.42 Å². The molecule has 1 atom stereocenters. The zero-order valence-corrected chi connectivity index (χ0v) is 13.4. The maximum absolute atomic E-state index is 6.10. The molecule has 0 saturated carbocycles. The molecule has 1 N–H and O–H groups in total. The third kappa shape index (κ3) is 4.25. The SMILES string of the molecule is CCCNC(Cc1nc(-c2ncccc2Cl)no1)C(C)C. The van der Waals surface area contributed by atoms with Gasteiger partial charge in [0.05, 0.1) is 5.02 Å². The molecule has 6 heteroatoms. The number of rotatable bonds is 7. The molecule has 1 unspecified atom stereocenters. The minimum Gasteiger partial charge on any atom is -0.339 e. The molecule has 2 rings (SSSR count). The molecular weight excluding hydrogens is 288 g/mol. The van der Waals surface area contributed by atoms with E-state index in [0.29, 0.717) is 40.8 Å². The minimum atomic E-state index is 0.317. The third-order valence-electron chi connectivity index (χ3n) is 3.29. The van der Waals surface area contributed by atoms with Gasteiger partial charge < -0.3 is 9.84 Å². The summed E-state index contributed by atoms with van der Waals surface area (Å²) in [6, 6.07) is 3.85. The molecule has 21 heavy (non-hydrogen) atoms. The normalized spacial score (nSPS) is 12.8. The largest absolute Gasteiger partial charge is 0.339 e. The number of pyridine rings is 1. The van der Waals surface area contributed by atoms with E-state index >= 15 is 0 Å². The van der Waals surface area contributed by atoms with Gasteiger partial charge in [0.25, 0.3) is 0 Å². The summed E-state index contributed by atoms with van der Waals surface area (Å²) in [6.07, 6.45) is 3.47. The molecule has 5 nitrogen and oxygen atoms in total. The molecule has 2 aromatic rings. The van der Waals surface area contributed by atoms with Crippen molar-refractivity contribution < 1.29 is 4.52 Å². The Hall–Kier alpha value is -1.46. The fourth-order valence-corrected chi connectivity index (χ4v) is 2.25. The van der Waals surface area contributed by atoms with Crippen molar-refractivity contribution in [2.24, 2.45) is 5.92 Å². The van der Waals surface area contributed by atoms with Crippen molar-refractivity contribution in [3.05, 3.63) is 29.2 Å². The summed E-state index contributed by atoms with van der Waals surface area (Å²) in [4.78, 5) is 8.60. The van der Waals surface area contributed by atoms with Crippen molar-refractivity contribution in [3.8, 4) is 11.5 Å². The maximum Gasteiger partial charge on any atom is 0.228 e. The molecule has 2 aromatic heterocycles. The number of aromatic nitrogens is 3. The summed E-state index contributed by atoms with van der Waals surface area (Å²) in [6.45, 7) is 7.49. The third-order valence-corrected chi connectivity index (χ3v) is 3.60. The second-order valence-electron chi connectivity index (χ2n) is 5.35. The van der Waals surface area contributed by atoms with Gasteiger partial charge in [-0.1, -0.05) is 37.5 Å². The minimum absolute atomic E-state index is 0.317. The van der Waals surface area contributed by atoms with Crippen LogP contribution in [0.25, 0.3) is 11.5 Å². The Labute approximate surface area is 130 Å². The van der Waals surface area contributed by atoms with Crippen LogP contribution in [0, 0.1) is 5.92 Å². The second-order valence-corrected chi connectivity index (χ2v) is 5.76. The Kier molecular flexibility index (Phi) is 5.70. The van der Waals surface area contributed by atoms with Gasteiger partial charge in [0.2, 0.25) is 11.7 Å². The summed E-state index contributed by atoms with van der Waals surface area (Å²) < 4.78 is 5.33. The summed E-state index contributed by atoms with van der Waals surface area (Å²) >= 11 is 6.10. The van der Waals surface area contributed by atoms with Crippen LogP contribution in [-0.4, -0.2) is 27.7 Å². The van der Waals surface area contributed by atoms with Crippen LogP contribution in [0.2, 0.25) is 5.02 Å². The average Bonchev–Trinajstić information content (AvgIpc) is 2.92. The lowest BCUT2D eigenvalue weighted by atomic mass is 10.0. The van der Waals surface area contributed by atoms with Crippen LogP contribution in [0.15, 0.2) is 22.9 Å². The Balaban J connectivity index is 2.10. The van der Waals surface area contributed by atoms with E-state index in [1.807, 2.05) is 0 Å². The van der Waals surface area contributed by atoms with Crippen LogP contribution in [0.5, 0.6) is 0 Å². The fraction of sp³-hybridized carbons (Fsp3) is 0.533. The Bertz CT molecular complexity index is 570. The number of hydrogen-bond donors (Lipinski definition) is 1. The van der Waals surface area contributed by atoms with Crippen LogP contribution in [0.4, 0.5) is 0 Å². The van der Waals surface area contributed by atoms with Crippen molar-refractivity contribution in [2.75, 3.05) is 6.54 Å². The fourth-order valence-electron chi connectivity index (χ4n) is 2.05. The Morgan fingerprint density at radius 1 is 1.38 bits per heavy atom. The summed E-state index contributed by atoms with van der Waals surface area (Å²) in [7, 11) is 0. The highest BCUT2D eigenvalue weighted by atomic mass is 35.5. The number of nitrogens with one attached hydrogen (secondary N) is 1. The predicted molar refractivity (Wildman–Crippen MR) is 83.2 cm³/mol. The molecule has 114 valence electrons. The summed E-state index contributed by atoms with van der Waals surface area (Å²) in [5.74, 6) is 1.54. The first-order valence-electron chi connectivity index (χ1n) is 7.28. The van der Waals surface area contributed by atoms with Gasteiger partial charge in [-0.25, -0.2) is 0 Å². The highest BCUT2D eigenvalue weighted by Gasteiger charge is 2.19. The van der Waals surface area contributed by atoms with Crippen LogP contribution in [0.1, 0.15) is 33.1 Å². The van der Waals surface area contributed by atoms with Crippen LogP contribution < -0.4 is 5.32 Å². The van der Waals surface area contributed by atoms with Gasteiger partial charge in [-0.2, -0.15) is 4.98 Å². The molecule has 0 bridgehead atoms. The lowest BCUT2D eigenvalue weighted by Gasteiger charge is -2.20. The quantitative estimate of drug-likeness (QED) is 0.849. The predicted octanol–water partition coefficient (Wildman–Crippen LogP) is 3.35. The van der Waals surface area contributed by atoms with Crippen molar-refractivity contribution in [1.82, 2.24) is 20.4 Å². The van der Waals surface area contributed by atoms with Crippen molar-refractivity contribution in [3.63, 3.8) is 0 Å². The highest BCUT2D eigenvalue weighted by Crippen LogP contribution is 2.22. The maximum atomic E-state index is 6.10. The smallest absolute Gasteiger partial charge is 0.228 e. The summed E-state index contributed by atoms with van der Waals surface area (Å²) in [5.41, 5.74) is 0.553. The van der Waals surface area contributed by atoms with Gasteiger partial charge in [-0.3, -0.25) is 4.98 Å². The summed E-state index contributed by atoms with van der Waals surface area (Å²) in [5, 5.41) is 8.01. The zero-order valence-electron chi connectivity index (χ0n) is 12.6. The van der Waals surface area contributed by atoms with Crippen molar-refractivity contribution >= 4 is 11.6 Å². The van der Waals surface area contributed by atoms with Gasteiger partial charge in [-0.05, 0) is 31.0 Å². The monoisotopic (exact) mass is 308 g/mol. The molecule has 0 aromatic carbocycles. The molecule has 0 fully saturated rings. The Morgan fingerprint density at radius 2 is 2.19 bits per heavy atom. The molecule has 0 amide bonds. The molecule has 0 spiro atoms. The molecular formula is C15H21ClN4O. The van der Waals surface area contributed by atoms with Gasteiger partial charge in [0.15, 0.2) is 0 Å². The standard InChI is InChI=1S/C15H21ClN4O/c1-4-7-17-12(10(2)3)9-13-19-15(20-21-13)14-11(16)6-5-8-18-14/h5-6,8,10,12,17H,4,7,9H2,1-3H3. The molecule has 0 aliphatic carbocycles. The van der Waals surface area contributed by atoms with E-state index in [4.69, 9.17) is 16.1 Å². The van der Waals surface area contributed by atoms with Crippen molar-refractivity contribution in [2.45, 2.75) is 39.7 Å². The average molecular weight is 309 g/mol. The van der Waals surface area contributed by atoms with E-state index < -0.39 is 0 Å². The zero-order chi connectivity index (χ0) is 15.2. The van der Waals surface area contributed by atoms with E-state index in [1.54, 1.807) is 18.3 Å². The van der Waals surface area contributed by atoms with Crippen LogP contribution in [0.3, 0.4) is 0 Å². The molecule has 0 aliphatic heterocycles. The van der Waals surface area contributed by atoms with Gasteiger partial charge in [0, 0.05) is 18.7 Å². The highest BCUT2D eigenvalue weighted by molar-refractivity contribution is 6.32. The first kappa shape index (κ1) is 15.9. The molecule has 0 saturated heterocycles. The topological polar surface area (TPSA) is 63.8 Å². The molecule has 0 radical (unpaired) electrons. The van der Waals surface area contributed by atoms with Gasteiger partial charge in [-0.15, -0.1) is 0 Å². The van der Waals surface area contributed by atoms with E-state index in [-0.39, 0.29) is 0 Å². The van der Waals surface area contributed by atoms with Gasteiger partial charge in [0.1, 0.15) is 5.69 Å². The van der Waals surface area contributed by atoms with Gasteiger partial charge >= 0.3 is 0 Å². The number of nitrogens with zero attached hydrogens (tertiary/aromatic N) is 3. The van der Waals surface area contributed by atoms with E-state index in [1.165, 1.54) is 0 Å². The number of halogens is 1. The second kappa shape index (κ2) is 7.52. The molecule has 2 heterocycles. The van der Waals surface area contributed by atoms with E-state index in [0.717, 1.165) is 13.0 Å². The number of hydrogen-bond acceptors (Lipinski definition) is 5. The first-order chi connectivity index (χ1) is 10.1. The van der Waals surface area contributed by atoms with E-state index in [2.05, 4.69) is 41.2 Å². The van der Waals surface area contributed by atoms with E-state index in [9.17, 15) is 0 Å². The Morgan fingerprint density at radius 3 is 2.86 bits per heavy atom. The first-order valence-corrected chi connectivity index (χ1v) is 7.66. The molecule has 0 aliphatic rings. The lowest BCUT2D eigenvalue weighted by molar-refractivity contribution is 0.326. The van der Waals surface area contributed by atoms with Crippen LogP contribution >= 0.6 is 11.6 Å². The lowest BCUT2D eigenvalue weighted by Crippen LogP contribution is -2.36.